The Bertz CT molecular complexity index is 1520. The summed E-state index contributed by atoms with van der Waals surface area (Å²) in [5.41, 5.74) is 2.89. The molecule has 0 fully saturated rings. The molecule has 7 nitrogen and oxygen atoms in total. The zero-order chi connectivity index (χ0) is 22.4. The molecule has 5 aromatic rings. The highest BCUT2D eigenvalue weighted by Crippen LogP contribution is 2.40. The summed E-state index contributed by atoms with van der Waals surface area (Å²) < 4.78 is 22.3. The quantitative estimate of drug-likeness (QED) is 0.422. The summed E-state index contributed by atoms with van der Waals surface area (Å²) in [7, 11) is 0. The Kier molecular flexibility index (Phi) is 4.70. The van der Waals surface area contributed by atoms with Crippen LogP contribution in [-0.4, -0.2) is 26.3 Å². The van der Waals surface area contributed by atoms with Crippen molar-refractivity contribution >= 4 is 21.8 Å². The van der Waals surface area contributed by atoms with Crippen molar-refractivity contribution in [3.63, 3.8) is 0 Å². The van der Waals surface area contributed by atoms with Crippen LogP contribution in [-0.2, 0) is 0 Å². The summed E-state index contributed by atoms with van der Waals surface area (Å²) in [5.74, 6) is 0.117. The lowest BCUT2D eigenvalue weighted by atomic mass is 9.95. The molecule has 5 rings (SSSR count). The first-order valence-electron chi connectivity index (χ1n) is 10.3. The number of hydrogen-bond donors (Lipinski definition) is 2. The van der Waals surface area contributed by atoms with Gasteiger partial charge in [-0.1, -0.05) is 12.1 Å². The number of hydrogen-bond acceptors (Lipinski definition) is 4. The minimum absolute atomic E-state index is 0.113. The van der Waals surface area contributed by atoms with E-state index in [1.807, 2.05) is 39.0 Å². The van der Waals surface area contributed by atoms with Crippen LogP contribution < -0.4 is 14.9 Å². The van der Waals surface area contributed by atoms with Crippen LogP contribution in [0.3, 0.4) is 0 Å². The predicted molar refractivity (Wildman–Crippen MR) is 119 cm³/mol. The van der Waals surface area contributed by atoms with Crippen molar-refractivity contribution in [2.45, 2.75) is 26.9 Å². The van der Waals surface area contributed by atoms with Crippen LogP contribution >= 0.6 is 0 Å². The van der Waals surface area contributed by atoms with Gasteiger partial charge in [-0.25, -0.2) is 4.39 Å². The number of nitrogens with one attached hydrogen (secondary N) is 2. The third-order valence-electron chi connectivity index (χ3n) is 5.34. The molecule has 0 amide bonds. The minimum Gasteiger partial charge on any atom is -0.489 e. The number of aromatic nitrogens is 5. The molecule has 0 saturated carbocycles. The van der Waals surface area contributed by atoms with Crippen LogP contribution in [0.1, 0.15) is 19.5 Å². The van der Waals surface area contributed by atoms with Gasteiger partial charge in [-0.05, 0) is 26.8 Å². The summed E-state index contributed by atoms with van der Waals surface area (Å²) >= 11 is 0. The van der Waals surface area contributed by atoms with Gasteiger partial charge in [0, 0.05) is 23.1 Å². The van der Waals surface area contributed by atoms with Crippen LogP contribution in [0.5, 0.6) is 5.75 Å². The summed E-state index contributed by atoms with van der Waals surface area (Å²) in [6, 6.07) is 8.60. The number of benzene rings is 1. The van der Waals surface area contributed by atoms with Gasteiger partial charge in [0.2, 0.25) is 0 Å². The molecule has 0 saturated heterocycles. The molecule has 0 radical (unpaired) electrons. The molecule has 32 heavy (non-hydrogen) atoms. The molecule has 0 spiro atoms. The Morgan fingerprint density at radius 1 is 1.09 bits per heavy atom. The van der Waals surface area contributed by atoms with Crippen molar-refractivity contribution < 1.29 is 13.7 Å². The number of ether oxygens (including phenoxy) is 1. The van der Waals surface area contributed by atoms with Crippen molar-refractivity contribution in [2.75, 3.05) is 0 Å². The first-order valence-corrected chi connectivity index (χ1v) is 10.3. The van der Waals surface area contributed by atoms with E-state index in [9.17, 15) is 9.18 Å². The number of aromatic amines is 2. The van der Waals surface area contributed by atoms with Crippen LogP contribution in [0, 0.1) is 12.7 Å². The molecule has 8 heteroatoms. The van der Waals surface area contributed by atoms with E-state index in [-0.39, 0.29) is 17.2 Å². The second-order valence-corrected chi connectivity index (χ2v) is 7.84. The van der Waals surface area contributed by atoms with Gasteiger partial charge in [0.1, 0.15) is 17.1 Å². The Morgan fingerprint density at radius 2 is 1.88 bits per heavy atom. The van der Waals surface area contributed by atoms with E-state index >= 15 is 0 Å². The maximum Gasteiger partial charge on any atom is 0.321 e. The van der Waals surface area contributed by atoms with Crippen molar-refractivity contribution in [1.29, 1.82) is 0 Å². The summed E-state index contributed by atoms with van der Waals surface area (Å²) in [5, 5.41) is 8.03. The average Bonchev–Trinajstić information content (AvgIpc) is 3.27. The molecule has 0 bridgehead atoms. The van der Waals surface area contributed by atoms with Crippen LogP contribution in [0.25, 0.3) is 38.6 Å². The first-order chi connectivity index (χ1) is 15.5. The summed E-state index contributed by atoms with van der Waals surface area (Å²) in [6.45, 7) is 5.68. The lowest BCUT2D eigenvalue weighted by Crippen LogP contribution is -2.37. The monoisotopic (exact) mass is 430 g/mol. The highest BCUT2D eigenvalue weighted by molar-refractivity contribution is 6.08. The van der Waals surface area contributed by atoms with E-state index in [2.05, 4.69) is 20.2 Å². The molecule has 0 atom stereocenters. The summed E-state index contributed by atoms with van der Waals surface area (Å²) in [6.07, 6.45) is 6.71. The molecular weight excluding hydrogens is 409 g/mol. The SMILES string of the molecule is Cc1ncc(OC(C)C)c2c(-c3ccc(F)c4[nH]ncc34)c(-[n+]3ccccc3)c(=O)[nH]c12. The highest BCUT2D eigenvalue weighted by Gasteiger charge is 2.28. The lowest BCUT2D eigenvalue weighted by Gasteiger charge is -2.17. The predicted octanol–water partition coefficient (Wildman–Crippen LogP) is 3.98. The van der Waals surface area contributed by atoms with Crippen molar-refractivity contribution in [3.05, 3.63) is 77.0 Å². The molecule has 4 heterocycles. The van der Waals surface area contributed by atoms with Crippen LogP contribution in [0.2, 0.25) is 0 Å². The number of aryl methyl sites for hydroxylation is 1. The zero-order valence-corrected chi connectivity index (χ0v) is 17.8. The topological polar surface area (TPSA) is 87.5 Å². The lowest BCUT2D eigenvalue weighted by molar-refractivity contribution is -0.596. The van der Waals surface area contributed by atoms with Gasteiger partial charge in [-0.3, -0.25) is 14.9 Å². The third-order valence-corrected chi connectivity index (χ3v) is 5.34. The van der Waals surface area contributed by atoms with E-state index in [1.54, 1.807) is 35.4 Å². The number of H-pyrrole nitrogens is 2. The number of halogens is 1. The molecule has 4 aromatic heterocycles. The Labute approximate surface area is 182 Å². The molecule has 0 aliphatic rings. The Balaban J connectivity index is 2.03. The van der Waals surface area contributed by atoms with E-state index in [0.717, 1.165) is 0 Å². The van der Waals surface area contributed by atoms with Crippen molar-refractivity contribution in [2.24, 2.45) is 0 Å². The number of nitrogens with zero attached hydrogens (tertiary/aromatic N) is 3. The zero-order valence-electron chi connectivity index (χ0n) is 17.8. The van der Waals surface area contributed by atoms with Gasteiger partial charge in [-0.15, -0.1) is 0 Å². The smallest absolute Gasteiger partial charge is 0.321 e. The minimum atomic E-state index is -0.416. The van der Waals surface area contributed by atoms with Gasteiger partial charge in [-0.2, -0.15) is 9.67 Å². The molecule has 1 aromatic carbocycles. The van der Waals surface area contributed by atoms with E-state index in [0.29, 0.717) is 44.5 Å². The largest absolute Gasteiger partial charge is 0.489 e. The van der Waals surface area contributed by atoms with E-state index in [4.69, 9.17) is 4.74 Å². The molecule has 0 unspecified atom stereocenters. The van der Waals surface area contributed by atoms with Crippen molar-refractivity contribution in [3.8, 4) is 22.6 Å². The van der Waals surface area contributed by atoms with Crippen LogP contribution in [0.15, 0.2) is 59.9 Å². The normalized spacial score (nSPS) is 11.5. The molecule has 0 aliphatic heterocycles. The van der Waals surface area contributed by atoms with Gasteiger partial charge in [0.15, 0.2) is 12.4 Å². The van der Waals surface area contributed by atoms with Gasteiger partial charge in [0.05, 0.1) is 40.7 Å². The highest BCUT2D eigenvalue weighted by atomic mass is 19.1. The number of pyridine rings is 3. The second kappa shape index (κ2) is 7.56. The van der Waals surface area contributed by atoms with Gasteiger partial charge >= 0.3 is 5.56 Å². The third kappa shape index (κ3) is 3.11. The fraction of sp³-hybridized carbons (Fsp3) is 0.167. The maximum absolute atomic E-state index is 14.5. The van der Waals surface area contributed by atoms with E-state index in [1.165, 1.54) is 6.07 Å². The second-order valence-electron chi connectivity index (χ2n) is 7.84. The molecule has 160 valence electrons. The average molecular weight is 430 g/mol. The molecule has 2 N–H and O–H groups in total. The number of fused-ring (bicyclic) bond motifs is 2. The maximum atomic E-state index is 14.5. The molecule has 0 aliphatic carbocycles. The Morgan fingerprint density at radius 3 is 2.62 bits per heavy atom. The fourth-order valence-electron chi connectivity index (χ4n) is 4.01. The van der Waals surface area contributed by atoms with Crippen molar-refractivity contribution in [1.82, 2.24) is 20.2 Å². The fourth-order valence-corrected chi connectivity index (χ4v) is 4.01. The summed E-state index contributed by atoms with van der Waals surface area (Å²) in [4.78, 5) is 20.8. The van der Waals surface area contributed by atoms with Gasteiger partial charge < -0.3 is 9.72 Å². The van der Waals surface area contributed by atoms with Crippen LogP contribution in [0.4, 0.5) is 4.39 Å². The Hall–Kier alpha value is -4.07. The number of rotatable bonds is 4. The first kappa shape index (κ1) is 19.9. The molecular formula is C24H21FN5O2+. The standard InChI is InChI=1S/C24H20FN5O2/c1-13(2)32-18-12-26-14(3)21-20(18)19(15-7-8-17(25)22-16(15)11-27-29-22)23(24(31)28-21)30-9-5-4-6-10-30/h4-13H,1-3H3,(H-,27,28,29,31)/p+1. The van der Waals surface area contributed by atoms with E-state index < -0.39 is 5.82 Å². The van der Waals surface area contributed by atoms with Gasteiger partial charge in [0.25, 0.3) is 5.69 Å².